The molecule has 0 saturated heterocycles. The minimum atomic E-state index is -0.613. The van der Waals surface area contributed by atoms with Gasteiger partial charge in [0.1, 0.15) is 17.0 Å². The highest BCUT2D eigenvalue weighted by Crippen LogP contribution is 2.24. The summed E-state index contributed by atoms with van der Waals surface area (Å²) in [4.78, 5) is 24.7. The van der Waals surface area contributed by atoms with Crippen molar-refractivity contribution in [1.82, 2.24) is 15.0 Å². The molecule has 3 aromatic rings. The fourth-order valence-electron chi connectivity index (χ4n) is 2.66. The largest absolute Gasteiger partial charge is 0.497 e. The number of ketones is 1. The van der Waals surface area contributed by atoms with Gasteiger partial charge in [-0.1, -0.05) is 5.21 Å². The zero-order valence-corrected chi connectivity index (χ0v) is 15.3. The van der Waals surface area contributed by atoms with Crippen molar-refractivity contribution in [3.05, 3.63) is 47.5 Å². The number of ether oxygens (including phenoxy) is 3. The van der Waals surface area contributed by atoms with E-state index in [2.05, 4.69) is 10.3 Å². The van der Waals surface area contributed by atoms with E-state index >= 15 is 0 Å². The quantitative estimate of drug-likeness (QED) is 0.467. The van der Waals surface area contributed by atoms with Crippen LogP contribution in [-0.2, 0) is 11.3 Å². The first-order valence-corrected chi connectivity index (χ1v) is 8.33. The lowest BCUT2D eigenvalue weighted by Gasteiger charge is -2.10. The van der Waals surface area contributed by atoms with E-state index < -0.39 is 18.4 Å². The molecule has 0 bridgehead atoms. The average Bonchev–Trinajstić information content (AvgIpc) is 3.13. The number of methoxy groups -OCH3 is 2. The molecule has 8 nitrogen and oxygen atoms in total. The van der Waals surface area contributed by atoms with E-state index in [0.717, 1.165) is 5.52 Å². The third-order valence-corrected chi connectivity index (χ3v) is 4.09. The van der Waals surface area contributed by atoms with Gasteiger partial charge in [0.05, 0.1) is 30.9 Å². The number of carbonyl (C=O) groups excluding carboxylic acids is 2. The zero-order chi connectivity index (χ0) is 19.4. The summed E-state index contributed by atoms with van der Waals surface area (Å²) in [7, 11) is 2.96. The number of hydrogen-bond acceptors (Lipinski definition) is 7. The predicted molar refractivity (Wildman–Crippen MR) is 97.4 cm³/mol. The van der Waals surface area contributed by atoms with Gasteiger partial charge in [0.15, 0.2) is 6.61 Å². The van der Waals surface area contributed by atoms with Gasteiger partial charge in [-0.15, -0.1) is 5.10 Å². The molecule has 0 saturated carbocycles. The average molecular weight is 369 g/mol. The van der Waals surface area contributed by atoms with E-state index in [1.165, 1.54) is 14.2 Å². The van der Waals surface area contributed by atoms with Crippen molar-refractivity contribution in [2.24, 2.45) is 0 Å². The van der Waals surface area contributed by atoms with Gasteiger partial charge in [-0.3, -0.25) is 4.79 Å². The molecule has 0 aliphatic rings. The summed E-state index contributed by atoms with van der Waals surface area (Å²) in [5.41, 5.74) is 2.00. The molecule has 0 aliphatic carbocycles. The highest BCUT2D eigenvalue weighted by Gasteiger charge is 2.17. The van der Waals surface area contributed by atoms with E-state index in [1.807, 2.05) is 6.92 Å². The highest BCUT2D eigenvalue weighted by molar-refractivity contribution is 6.02. The number of aromatic nitrogens is 3. The smallest absolute Gasteiger partial charge is 0.338 e. The van der Waals surface area contributed by atoms with Crippen molar-refractivity contribution >= 4 is 22.8 Å². The van der Waals surface area contributed by atoms with Crippen molar-refractivity contribution in [2.75, 3.05) is 20.8 Å². The zero-order valence-electron chi connectivity index (χ0n) is 15.3. The van der Waals surface area contributed by atoms with Crippen LogP contribution in [0.5, 0.6) is 11.5 Å². The van der Waals surface area contributed by atoms with E-state index in [-0.39, 0.29) is 5.56 Å². The number of fused-ring (bicyclic) bond motifs is 1. The molecule has 8 heteroatoms. The summed E-state index contributed by atoms with van der Waals surface area (Å²) in [5.74, 6) is -0.111. The van der Waals surface area contributed by atoms with Crippen molar-refractivity contribution in [3.8, 4) is 11.5 Å². The molecule has 0 fully saturated rings. The second-order valence-electron chi connectivity index (χ2n) is 5.67. The lowest BCUT2D eigenvalue weighted by molar-refractivity contribution is 0.0474. The number of carbonyl (C=O) groups is 2. The molecule has 140 valence electrons. The normalized spacial score (nSPS) is 10.6. The lowest BCUT2D eigenvalue weighted by Crippen LogP contribution is -2.15. The maximum atomic E-state index is 12.4. The molecule has 1 aromatic heterocycles. The van der Waals surface area contributed by atoms with Crippen LogP contribution in [0.3, 0.4) is 0 Å². The minimum absolute atomic E-state index is 0.283. The van der Waals surface area contributed by atoms with Gasteiger partial charge in [0.2, 0.25) is 5.78 Å². The van der Waals surface area contributed by atoms with Crippen LogP contribution in [0.4, 0.5) is 0 Å². The Morgan fingerprint density at radius 3 is 2.59 bits per heavy atom. The van der Waals surface area contributed by atoms with Crippen LogP contribution in [0.25, 0.3) is 11.0 Å². The molecule has 0 aliphatic heterocycles. The summed E-state index contributed by atoms with van der Waals surface area (Å²) < 4.78 is 17.2. The standard InChI is InChI=1S/C19H19N3O5/c1-4-22-16-7-5-12(9-15(16)20-21-22)19(24)27-11-17(23)14-10-13(25-2)6-8-18(14)26-3/h5-10H,4,11H2,1-3H3. The first-order chi connectivity index (χ1) is 13.1. The Bertz CT molecular complexity index is 996. The van der Waals surface area contributed by atoms with Gasteiger partial charge in [0.25, 0.3) is 0 Å². The summed E-state index contributed by atoms with van der Waals surface area (Å²) in [6.45, 7) is 2.22. The van der Waals surface area contributed by atoms with E-state index in [9.17, 15) is 9.59 Å². The molecule has 0 atom stereocenters. The number of aryl methyl sites for hydroxylation is 1. The van der Waals surface area contributed by atoms with Crippen LogP contribution >= 0.6 is 0 Å². The Morgan fingerprint density at radius 1 is 1.07 bits per heavy atom. The Balaban J connectivity index is 1.73. The summed E-state index contributed by atoms with van der Waals surface area (Å²) in [6.07, 6.45) is 0. The van der Waals surface area contributed by atoms with Gasteiger partial charge >= 0.3 is 5.97 Å². The second kappa shape index (κ2) is 7.86. The molecule has 1 heterocycles. The topological polar surface area (TPSA) is 92.5 Å². The second-order valence-corrected chi connectivity index (χ2v) is 5.67. The molecular weight excluding hydrogens is 350 g/mol. The van der Waals surface area contributed by atoms with Crippen LogP contribution in [-0.4, -0.2) is 47.6 Å². The summed E-state index contributed by atoms with van der Waals surface area (Å²) in [5, 5.41) is 8.02. The van der Waals surface area contributed by atoms with E-state index in [1.54, 1.807) is 41.1 Å². The summed E-state index contributed by atoms with van der Waals surface area (Å²) >= 11 is 0. The van der Waals surface area contributed by atoms with Gasteiger partial charge in [-0.25, -0.2) is 9.48 Å². The van der Waals surface area contributed by atoms with Crippen molar-refractivity contribution in [2.45, 2.75) is 13.5 Å². The predicted octanol–water partition coefficient (Wildman–Crippen LogP) is 2.51. The molecule has 27 heavy (non-hydrogen) atoms. The minimum Gasteiger partial charge on any atom is -0.497 e. The van der Waals surface area contributed by atoms with Gasteiger partial charge in [0, 0.05) is 6.54 Å². The Labute approximate surface area is 155 Å². The van der Waals surface area contributed by atoms with Crippen LogP contribution < -0.4 is 9.47 Å². The molecule has 3 rings (SSSR count). The molecule has 0 spiro atoms. The first kappa shape index (κ1) is 18.4. The fraction of sp³-hybridized carbons (Fsp3) is 0.263. The van der Waals surface area contributed by atoms with E-state index in [0.29, 0.717) is 29.1 Å². The molecule has 0 amide bonds. The van der Waals surface area contributed by atoms with Crippen LogP contribution in [0, 0.1) is 0 Å². The third kappa shape index (κ3) is 3.74. The Hall–Kier alpha value is -3.42. The molecule has 2 aromatic carbocycles. The Morgan fingerprint density at radius 2 is 1.89 bits per heavy atom. The summed E-state index contributed by atoms with van der Waals surface area (Å²) in [6, 6.07) is 9.82. The van der Waals surface area contributed by atoms with Crippen LogP contribution in [0.1, 0.15) is 27.6 Å². The maximum Gasteiger partial charge on any atom is 0.338 e. The molecule has 0 N–H and O–H groups in total. The van der Waals surface area contributed by atoms with Crippen molar-refractivity contribution in [1.29, 1.82) is 0 Å². The number of benzene rings is 2. The van der Waals surface area contributed by atoms with Crippen LogP contribution in [0.15, 0.2) is 36.4 Å². The van der Waals surface area contributed by atoms with Gasteiger partial charge in [-0.05, 0) is 43.3 Å². The third-order valence-electron chi connectivity index (χ3n) is 4.09. The number of hydrogen-bond donors (Lipinski definition) is 0. The number of nitrogens with zero attached hydrogens (tertiary/aromatic N) is 3. The maximum absolute atomic E-state index is 12.4. The highest BCUT2D eigenvalue weighted by atomic mass is 16.5. The van der Waals surface area contributed by atoms with Gasteiger partial charge in [-0.2, -0.15) is 0 Å². The van der Waals surface area contributed by atoms with Gasteiger partial charge < -0.3 is 14.2 Å². The number of esters is 1. The molecule has 0 unspecified atom stereocenters. The molecule has 0 radical (unpaired) electrons. The molecular formula is C19H19N3O5. The Kier molecular flexibility index (Phi) is 5.35. The monoisotopic (exact) mass is 369 g/mol. The SMILES string of the molecule is CCn1nnc2cc(C(=O)OCC(=O)c3cc(OC)ccc3OC)ccc21. The van der Waals surface area contributed by atoms with Crippen LogP contribution in [0.2, 0.25) is 0 Å². The van der Waals surface area contributed by atoms with Crippen molar-refractivity contribution < 1.29 is 23.8 Å². The van der Waals surface area contributed by atoms with E-state index in [4.69, 9.17) is 14.2 Å². The number of rotatable bonds is 7. The first-order valence-electron chi connectivity index (χ1n) is 8.33. The lowest BCUT2D eigenvalue weighted by atomic mass is 10.1. The van der Waals surface area contributed by atoms with Crippen molar-refractivity contribution in [3.63, 3.8) is 0 Å². The number of Topliss-reactive ketones (excluding diaryl/α,β-unsaturated/α-hetero) is 1. The fourth-order valence-corrected chi connectivity index (χ4v) is 2.66.